The Morgan fingerprint density at radius 3 is 2.40 bits per heavy atom. The van der Waals surface area contributed by atoms with Crippen molar-refractivity contribution in [3.8, 4) is 0 Å². The first-order chi connectivity index (χ1) is 7.15. The Hall–Kier alpha value is -1.64. The van der Waals surface area contributed by atoms with Crippen LogP contribution in [-0.4, -0.2) is 17.4 Å². The number of aromatic carboxylic acids is 1. The van der Waals surface area contributed by atoms with Crippen molar-refractivity contribution in [2.75, 3.05) is 0 Å². The fourth-order valence-electron chi connectivity index (χ4n) is 1.78. The number of hydrogen-bond donors (Lipinski definition) is 1. The summed E-state index contributed by atoms with van der Waals surface area (Å²) in [6.45, 7) is 3.91. The molecule has 0 spiro atoms. The Kier molecular flexibility index (Phi) is 3.61. The summed E-state index contributed by atoms with van der Waals surface area (Å²) in [5.41, 5.74) is 2.32. The smallest absolute Gasteiger partial charge is 0.336 e. The van der Waals surface area contributed by atoms with E-state index in [1.165, 1.54) is 6.07 Å². The molecule has 0 amide bonds. The van der Waals surface area contributed by atoms with E-state index in [1.807, 2.05) is 13.8 Å². The van der Waals surface area contributed by atoms with E-state index >= 15 is 0 Å². The lowest BCUT2D eigenvalue weighted by atomic mass is 9.93. The number of aldehydes is 1. The van der Waals surface area contributed by atoms with Crippen LogP contribution in [0.15, 0.2) is 12.1 Å². The minimum Gasteiger partial charge on any atom is -0.478 e. The second-order valence-electron chi connectivity index (χ2n) is 3.29. The highest BCUT2D eigenvalue weighted by molar-refractivity contribution is 5.98. The molecule has 1 rings (SSSR count). The lowest BCUT2D eigenvalue weighted by Crippen LogP contribution is -2.07. The second-order valence-corrected chi connectivity index (χ2v) is 3.29. The summed E-state index contributed by atoms with van der Waals surface area (Å²) >= 11 is 0. The Morgan fingerprint density at radius 1 is 1.33 bits per heavy atom. The number of hydrogen-bond acceptors (Lipinski definition) is 2. The molecule has 0 saturated carbocycles. The van der Waals surface area contributed by atoms with E-state index in [0.717, 1.165) is 17.5 Å². The molecule has 0 aromatic heterocycles. The third-order valence-corrected chi connectivity index (χ3v) is 2.54. The predicted molar refractivity (Wildman–Crippen MR) is 57.5 cm³/mol. The lowest BCUT2D eigenvalue weighted by molar-refractivity contribution is 0.0694. The summed E-state index contributed by atoms with van der Waals surface area (Å²) in [7, 11) is 0. The monoisotopic (exact) mass is 206 g/mol. The maximum absolute atomic E-state index is 10.9. The quantitative estimate of drug-likeness (QED) is 0.769. The van der Waals surface area contributed by atoms with Gasteiger partial charge in [-0.15, -0.1) is 0 Å². The van der Waals surface area contributed by atoms with Crippen molar-refractivity contribution in [3.05, 3.63) is 34.4 Å². The molecule has 80 valence electrons. The van der Waals surface area contributed by atoms with Crippen molar-refractivity contribution in [2.45, 2.75) is 26.7 Å². The summed E-state index contributed by atoms with van der Waals surface area (Å²) in [5.74, 6) is -1.05. The van der Waals surface area contributed by atoms with Crippen LogP contribution in [0.25, 0.3) is 0 Å². The number of rotatable bonds is 4. The fraction of sp³-hybridized carbons (Fsp3) is 0.333. The molecule has 0 aliphatic rings. The number of carbonyl (C=O) groups is 2. The molecule has 0 aliphatic carbocycles. The van der Waals surface area contributed by atoms with Gasteiger partial charge in [0, 0.05) is 5.56 Å². The SMILES string of the molecule is CCc1ccc(C(=O)O)c(C=O)c1CC. The van der Waals surface area contributed by atoms with Gasteiger partial charge in [-0.3, -0.25) is 4.79 Å². The maximum atomic E-state index is 10.9. The van der Waals surface area contributed by atoms with Crippen LogP contribution in [0.3, 0.4) is 0 Å². The summed E-state index contributed by atoms with van der Waals surface area (Å²) in [4.78, 5) is 21.8. The number of carbonyl (C=O) groups excluding carboxylic acids is 1. The molecule has 0 unspecified atom stereocenters. The lowest BCUT2D eigenvalue weighted by Gasteiger charge is -2.10. The van der Waals surface area contributed by atoms with Gasteiger partial charge in [0.15, 0.2) is 6.29 Å². The second kappa shape index (κ2) is 4.73. The molecular weight excluding hydrogens is 192 g/mol. The zero-order valence-corrected chi connectivity index (χ0v) is 8.91. The standard InChI is InChI=1S/C12H14O3/c1-3-8-5-6-10(12(14)15)11(7-13)9(8)4-2/h5-7H,3-4H2,1-2H3,(H,14,15). The summed E-state index contributed by atoms with van der Waals surface area (Å²) in [5, 5.41) is 8.92. The zero-order chi connectivity index (χ0) is 11.4. The third kappa shape index (κ3) is 2.06. The minimum absolute atomic E-state index is 0.0963. The number of aryl methyl sites for hydroxylation is 1. The van der Waals surface area contributed by atoms with Crippen LogP contribution in [0, 0.1) is 0 Å². The molecule has 1 aromatic carbocycles. The van der Waals surface area contributed by atoms with Crippen molar-refractivity contribution < 1.29 is 14.7 Å². The van der Waals surface area contributed by atoms with Gasteiger partial charge in [0.05, 0.1) is 5.56 Å². The predicted octanol–water partition coefficient (Wildman–Crippen LogP) is 2.32. The molecule has 15 heavy (non-hydrogen) atoms. The van der Waals surface area contributed by atoms with Gasteiger partial charge in [-0.25, -0.2) is 4.79 Å². The molecule has 0 heterocycles. The normalized spacial score (nSPS) is 10.0. The zero-order valence-electron chi connectivity index (χ0n) is 8.91. The van der Waals surface area contributed by atoms with Crippen molar-refractivity contribution in [1.82, 2.24) is 0 Å². The van der Waals surface area contributed by atoms with E-state index in [2.05, 4.69) is 0 Å². The van der Waals surface area contributed by atoms with Crippen LogP contribution in [0.1, 0.15) is 45.7 Å². The molecule has 0 radical (unpaired) electrons. The molecule has 0 aliphatic heterocycles. The van der Waals surface area contributed by atoms with Crippen LogP contribution in [0.2, 0.25) is 0 Å². The van der Waals surface area contributed by atoms with Crippen LogP contribution in [-0.2, 0) is 12.8 Å². The maximum Gasteiger partial charge on any atom is 0.336 e. The van der Waals surface area contributed by atoms with Crippen molar-refractivity contribution in [2.24, 2.45) is 0 Å². The Balaban J connectivity index is 3.47. The molecule has 0 saturated heterocycles. The third-order valence-electron chi connectivity index (χ3n) is 2.54. The molecule has 3 nitrogen and oxygen atoms in total. The van der Waals surface area contributed by atoms with Gasteiger partial charge in [0.1, 0.15) is 0 Å². The molecule has 0 atom stereocenters. The molecule has 1 N–H and O–H groups in total. The van der Waals surface area contributed by atoms with Gasteiger partial charge < -0.3 is 5.11 Å². The average molecular weight is 206 g/mol. The summed E-state index contributed by atoms with van der Waals surface area (Å²) in [6.07, 6.45) is 2.13. The molecule has 0 bridgehead atoms. The topological polar surface area (TPSA) is 54.4 Å². The van der Waals surface area contributed by atoms with Crippen molar-refractivity contribution >= 4 is 12.3 Å². The van der Waals surface area contributed by atoms with E-state index in [9.17, 15) is 9.59 Å². The number of carboxylic acid groups (broad SMARTS) is 1. The van der Waals surface area contributed by atoms with Crippen LogP contribution in [0.5, 0.6) is 0 Å². The summed E-state index contributed by atoms with van der Waals surface area (Å²) in [6, 6.07) is 3.29. The Labute approximate surface area is 88.7 Å². The van der Waals surface area contributed by atoms with Gasteiger partial charge in [-0.2, -0.15) is 0 Å². The highest BCUT2D eigenvalue weighted by Gasteiger charge is 2.14. The average Bonchev–Trinajstić information content (AvgIpc) is 2.26. The van der Waals surface area contributed by atoms with Crippen LogP contribution < -0.4 is 0 Å². The van der Waals surface area contributed by atoms with E-state index in [-0.39, 0.29) is 5.56 Å². The van der Waals surface area contributed by atoms with Crippen molar-refractivity contribution in [1.29, 1.82) is 0 Å². The molecule has 0 fully saturated rings. The van der Waals surface area contributed by atoms with E-state index in [1.54, 1.807) is 6.07 Å². The first kappa shape index (κ1) is 11.4. The summed E-state index contributed by atoms with van der Waals surface area (Å²) < 4.78 is 0. The van der Waals surface area contributed by atoms with Crippen LogP contribution in [0.4, 0.5) is 0 Å². The van der Waals surface area contributed by atoms with Gasteiger partial charge >= 0.3 is 5.97 Å². The molecular formula is C12H14O3. The van der Waals surface area contributed by atoms with E-state index in [4.69, 9.17) is 5.11 Å². The van der Waals surface area contributed by atoms with Gasteiger partial charge in [-0.05, 0) is 30.0 Å². The minimum atomic E-state index is -1.05. The Bertz CT molecular complexity index is 394. The fourth-order valence-corrected chi connectivity index (χ4v) is 1.78. The number of benzene rings is 1. The Morgan fingerprint density at radius 2 is 2.00 bits per heavy atom. The highest BCUT2D eigenvalue weighted by atomic mass is 16.4. The molecule has 1 aromatic rings. The number of carboxylic acids is 1. The van der Waals surface area contributed by atoms with Crippen LogP contribution >= 0.6 is 0 Å². The largest absolute Gasteiger partial charge is 0.478 e. The first-order valence-electron chi connectivity index (χ1n) is 4.98. The van der Waals surface area contributed by atoms with Crippen molar-refractivity contribution in [3.63, 3.8) is 0 Å². The first-order valence-corrected chi connectivity index (χ1v) is 4.98. The highest BCUT2D eigenvalue weighted by Crippen LogP contribution is 2.19. The van der Waals surface area contributed by atoms with E-state index in [0.29, 0.717) is 18.3 Å². The van der Waals surface area contributed by atoms with Gasteiger partial charge in [0.25, 0.3) is 0 Å². The van der Waals surface area contributed by atoms with Gasteiger partial charge in [0.2, 0.25) is 0 Å². The van der Waals surface area contributed by atoms with Gasteiger partial charge in [-0.1, -0.05) is 19.9 Å². The van der Waals surface area contributed by atoms with E-state index < -0.39 is 5.97 Å². The molecule has 3 heteroatoms.